The summed E-state index contributed by atoms with van der Waals surface area (Å²) in [5.74, 6) is 0. The minimum atomic E-state index is 0.0127. The first-order valence-electron chi connectivity index (χ1n) is 3.17. The van der Waals surface area contributed by atoms with Gasteiger partial charge >= 0.3 is 0 Å². The normalized spacial score (nSPS) is 13.0. The maximum atomic E-state index is 5.70. The van der Waals surface area contributed by atoms with Gasteiger partial charge in [0.2, 0.25) is 0 Å². The number of hydrogen-bond donors (Lipinski definition) is 1. The van der Waals surface area contributed by atoms with E-state index >= 15 is 0 Å². The van der Waals surface area contributed by atoms with Gasteiger partial charge in [-0.15, -0.1) is 17.9 Å². The standard InChI is InChI=1S/C8H11NS/c1-3-7(9)8-4-6(2)5-10-8/h3-5,7H,1,9H2,2H3. The van der Waals surface area contributed by atoms with Crippen molar-refractivity contribution in [1.82, 2.24) is 0 Å². The Morgan fingerprint density at radius 1 is 1.80 bits per heavy atom. The van der Waals surface area contributed by atoms with Crippen LogP contribution in [0.1, 0.15) is 16.5 Å². The van der Waals surface area contributed by atoms with Crippen molar-refractivity contribution in [3.63, 3.8) is 0 Å². The molecule has 54 valence electrons. The Hall–Kier alpha value is -0.600. The van der Waals surface area contributed by atoms with Crippen molar-refractivity contribution in [2.75, 3.05) is 0 Å². The van der Waals surface area contributed by atoms with E-state index in [4.69, 9.17) is 5.73 Å². The molecule has 1 unspecified atom stereocenters. The Bertz CT molecular complexity index is 227. The van der Waals surface area contributed by atoms with Crippen molar-refractivity contribution in [2.45, 2.75) is 13.0 Å². The molecule has 1 nitrogen and oxygen atoms in total. The van der Waals surface area contributed by atoms with Gasteiger partial charge in [0.05, 0.1) is 6.04 Å². The summed E-state index contributed by atoms with van der Waals surface area (Å²) in [6.07, 6.45) is 1.76. The highest BCUT2D eigenvalue weighted by atomic mass is 32.1. The molecule has 0 saturated heterocycles. The third-order valence-electron chi connectivity index (χ3n) is 1.33. The first kappa shape index (κ1) is 7.51. The largest absolute Gasteiger partial charge is 0.320 e. The number of hydrogen-bond acceptors (Lipinski definition) is 2. The number of aryl methyl sites for hydroxylation is 1. The van der Waals surface area contributed by atoms with Crippen LogP contribution in [0.15, 0.2) is 24.1 Å². The predicted octanol–water partition coefficient (Wildman–Crippen LogP) is 2.24. The molecule has 1 atom stereocenters. The van der Waals surface area contributed by atoms with Gasteiger partial charge in [-0.25, -0.2) is 0 Å². The number of rotatable bonds is 2. The van der Waals surface area contributed by atoms with Gasteiger partial charge in [-0.1, -0.05) is 6.08 Å². The summed E-state index contributed by atoms with van der Waals surface area (Å²) in [6, 6.07) is 2.11. The van der Waals surface area contributed by atoms with E-state index in [9.17, 15) is 0 Å². The van der Waals surface area contributed by atoms with E-state index in [1.165, 1.54) is 10.4 Å². The maximum Gasteiger partial charge on any atom is 0.0573 e. The van der Waals surface area contributed by atoms with Gasteiger partial charge < -0.3 is 5.73 Å². The fraction of sp³-hybridized carbons (Fsp3) is 0.250. The van der Waals surface area contributed by atoms with Crippen LogP contribution in [-0.4, -0.2) is 0 Å². The van der Waals surface area contributed by atoms with Crippen molar-refractivity contribution in [3.8, 4) is 0 Å². The molecule has 2 N–H and O–H groups in total. The molecule has 2 heteroatoms. The van der Waals surface area contributed by atoms with Crippen LogP contribution in [0.4, 0.5) is 0 Å². The van der Waals surface area contributed by atoms with Crippen LogP contribution in [0.2, 0.25) is 0 Å². The van der Waals surface area contributed by atoms with Gasteiger partial charge in [-0.3, -0.25) is 0 Å². The van der Waals surface area contributed by atoms with Gasteiger partial charge in [0.25, 0.3) is 0 Å². The highest BCUT2D eigenvalue weighted by molar-refractivity contribution is 7.10. The molecule has 0 amide bonds. The topological polar surface area (TPSA) is 26.0 Å². The minimum absolute atomic E-state index is 0.0127. The molecule has 10 heavy (non-hydrogen) atoms. The Balaban J connectivity index is 2.84. The van der Waals surface area contributed by atoms with Gasteiger partial charge in [0.1, 0.15) is 0 Å². The van der Waals surface area contributed by atoms with Gasteiger partial charge in [-0.05, 0) is 23.9 Å². The summed E-state index contributed by atoms with van der Waals surface area (Å²) >= 11 is 1.69. The molecule has 0 aliphatic heterocycles. The zero-order chi connectivity index (χ0) is 7.56. The molecule has 1 aromatic heterocycles. The molecule has 0 saturated carbocycles. The number of nitrogens with two attached hydrogens (primary N) is 1. The Kier molecular flexibility index (Phi) is 2.25. The molecule has 0 aliphatic carbocycles. The predicted molar refractivity (Wildman–Crippen MR) is 46.2 cm³/mol. The quantitative estimate of drug-likeness (QED) is 0.648. The average molecular weight is 153 g/mol. The summed E-state index contributed by atoms with van der Waals surface area (Å²) in [5, 5.41) is 2.10. The van der Waals surface area contributed by atoms with E-state index in [0.717, 1.165) is 0 Å². The molecule has 1 rings (SSSR count). The molecule has 1 aromatic rings. The zero-order valence-corrected chi connectivity index (χ0v) is 6.82. The molecular weight excluding hydrogens is 142 g/mol. The molecule has 0 aromatic carbocycles. The molecule has 0 radical (unpaired) electrons. The smallest absolute Gasteiger partial charge is 0.0573 e. The van der Waals surface area contributed by atoms with Crippen molar-refractivity contribution >= 4 is 11.3 Å². The maximum absolute atomic E-state index is 5.70. The van der Waals surface area contributed by atoms with Crippen molar-refractivity contribution in [2.24, 2.45) is 5.73 Å². The van der Waals surface area contributed by atoms with E-state index in [2.05, 4.69) is 24.9 Å². The first-order valence-corrected chi connectivity index (χ1v) is 4.05. The van der Waals surface area contributed by atoms with E-state index in [1.54, 1.807) is 17.4 Å². The summed E-state index contributed by atoms with van der Waals surface area (Å²) in [6.45, 7) is 5.69. The zero-order valence-electron chi connectivity index (χ0n) is 6.00. The fourth-order valence-corrected chi connectivity index (χ4v) is 1.64. The lowest BCUT2D eigenvalue weighted by molar-refractivity contribution is 0.939. The Morgan fingerprint density at radius 2 is 2.50 bits per heavy atom. The molecule has 1 heterocycles. The second kappa shape index (κ2) is 2.99. The molecule has 0 fully saturated rings. The van der Waals surface area contributed by atoms with E-state index in [0.29, 0.717) is 0 Å². The number of thiophene rings is 1. The Morgan fingerprint density at radius 3 is 2.90 bits per heavy atom. The van der Waals surface area contributed by atoms with Crippen molar-refractivity contribution in [3.05, 3.63) is 34.5 Å². The minimum Gasteiger partial charge on any atom is -0.320 e. The molecule has 0 aliphatic rings. The van der Waals surface area contributed by atoms with Crippen LogP contribution < -0.4 is 5.73 Å². The van der Waals surface area contributed by atoms with Crippen LogP contribution >= 0.6 is 11.3 Å². The summed E-state index contributed by atoms with van der Waals surface area (Å²) < 4.78 is 0. The van der Waals surface area contributed by atoms with E-state index < -0.39 is 0 Å². The van der Waals surface area contributed by atoms with E-state index in [-0.39, 0.29) is 6.04 Å². The van der Waals surface area contributed by atoms with Crippen LogP contribution in [0.3, 0.4) is 0 Å². The second-order valence-corrected chi connectivity index (χ2v) is 3.23. The van der Waals surface area contributed by atoms with Crippen LogP contribution in [-0.2, 0) is 0 Å². The Labute approximate surface area is 65.2 Å². The molecule has 0 spiro atoms. The monoisotopic (exact) mass is 153 g/mol. The lowest BCUT2D eigenvalue weighted by atomic mass is 10.2. The summed E-state index contributed by atoms with van der Waals surface area (Å²) in [7, 11) is 0. The van der Waals surface area contributed by atoms with E-state index in [1.807, 2.05) is 0 Å². The first-order chi connectivity index (χ1) is 4.74. The third-order valence-corrected chi connectivity index (χ3v) is 2.49. The SMILES string of the molecule is C=CC(N)c1cc(C)cs1. The third kappa shape index (κ3) is 1.46. The fourth-order valence-electron chi connectivity index (χ4n) is 0.744. The van der Waals surface area contributed by atoms with Gasteiger partial charge in [-0.2, -0.15) is 0 Å². The van der Waals surface area contributed by atoms with Crippen LogP contribution in [0.5, 0.6) is 0 Å². The second-order valence-electron chi connectivity index (χ2n) is 2.29. The van der Waals surface area contributed by atoms with Crippen LogP contribution in [0.25, 0.3) is 0 Å². The summed E-state index contributed by atoms with van der Waals surface area (Å²) in [5.41, 5.74) is 6.98. The highest BCUT2D eigenvalue weighted by Crippen LogP contribution is 2.20. The summed E-state index contributed by atoms with van der Waals surface area (Å²) in [4.78, 5) is 1.19. The lowest BCUT2D eigenvalue weighted by Gasteiger charge is -1.99. The van der Waals surface area contributed by atoms with Gasteiger partial charge in [0.15, 0.2) is 0 Å². The molecular formula is C8H11NS. The average Bonchev–Trinajstić information content (AvgIpc) is 2.34. The highest BCUT2D eigenvalue weighted by Gasteiger charge is 2.01. The molecule has 0 bridgehead atoms. The van der Waals surface area contributed by atoms with Crippen molar-refractivity contribution < 1.29 is 0 Å². The lowest BCUT2D eigenvalue weighted by Crippen LogP contribution is -2.03. The van der Waals surface area contributed by atoms with Crippen molar-refractivity contribution in [1.29, 1.82) is 0 Å². The van der Waals surface area contributed by atoms with Crippen LogP contribution in [0, 0.1) is 6.92 Å². The van der Waals surface area contributed by atoms with Gasteiger partial charge in [0, 0.05) is 4.88 Å².